The lowest BCUT2D eigenvalue weighted by Crippen LogP contribution is -2.79. The van der Waals surface area contributed by atoms with Gasteiger partial charge in [-0.2, -0.15) is 0 Å². The molecule has 1 aromatic rings. The van der Waals surface area contributed by atoms with E-state index < -0.39 is 113 Å². The highest BCUT2D eigenvalue weighted by molar-refractivity contribution is 5.89. The Morgan fingerprint density at radius 3 is 2.32 bits per heavy atom. The summed E-state index contributed by atoms with van der Waals surface area (Å²) in [5, 5.41) is 26.9. The van der Waals surface area contributed by atoms with Crippen molar-refractivity contribution in [2.75, 3.05) is 13.3 Å². The highest BCUT2D eigenvalue weighted by Gasteiger charge is 2.77. The zero-order chi connectivity index (χ0) is 42.1. The number of halogens is 1. The van der Waals surface area contributed by atoms with Crippen molar-refractivity contribution in [3.63, 3.8) is 0 Å². The van der Waals surface area contributed by atoms with E-state index in [1.54, 1.807) is 78.8 Å². The molecular formula is C42H56FNO13. The number of carbonyl (C=O) groups excluding carboxylic acids is 4. The fourth-order valence-corrected chi connectivity index (χ4v) is 9.94. The van der Waals surface area contributed by atoms with E-state index >= 15 is 0 Å². The van der Waals surface area contributed by atoms with Gasteiger partial charge in [0.25, 0.3) is 0 Å². The highest BCUT2D eigenvalue weighted by atomic mass is 19.1. The van der Waals surface area contributed by atoms with E-state index in [0.717, 1.165) is 0 Å². The molecule has 14 nitrogen and oxygen atoms in total. The van der Waals surface area contributed by atoms with Gasteiger partial charge in [0.15, 0.2) is 17.5 Å². The molecule has 1 unspecified atom stereocenters. The average molecular weight is 802 g/mol. The lowest BCUT2D eigenvalue weighted by atomic mass is 9.45. The minimum Gasteiger partial charge on any atom is -0.456 e. The molecule has 314 valence electrons. The van der Waals surface area contributed by atoms with Gasteiger partial charge in [0, 0.05) is 24.2 Å². The van der Waals surface area contributed by atoms with E-state index in [9.17, 15) is 33.8 Å². The van der Waals surface area contributed by atoms with E-state index in [-0.39, 0.29) is 18.6 Å². The lowest BCUT2D eigenvalue weighted by Gasteiger charge is -2.68. The Morgan fingerprint density at radius 1 is 1.09 bits per heavy atom. The molecule has 1 amide bonds. The predicted molar refractivity (Wildman–Crippen MR) is 200 cm³/mol. The van der Waals surface area contributed by atoms with Crippen molar-refractivity contribution >= 4 is 24.0 Å². The number of benzene rings is 1. The molecule has 0 aromatic heterocycles. The number of carbonyl (C=O) groups is 4. The van der Waals surface area contributed by atoms with Crippen LogP contribution in [-0.2, 0) is 42.7 Å². The predicted octanol–water partition coefficient (Wildman–Crippen LogP) is 4.64. The van der Waals surface area contributed by atoms with Gasteiger partial charge in [-0.15, -0.1) is 0 Å². The first kappa shape index (κ1) is 42.7. The van der Waals surface area contributed by atoms with E-state index in [4.69, 9.17) is 33.2 Å². The first-order valence-corrected chi connectivity index (χ1v) is 19.4. The van der Waals surface area contributed by atoms with Crippen LogP contribution in [0.3, 0.4) is 0 Å². The number of hydrogen-bond donors (Lipinski definition) is 3. The number of fused-ring (bicyclic) bond motifs is 8. The molecule has 3 N–H and O–H groups in total. The van der Waals surface area contributed by atoms with Crippen LogP contribution < -0.4 is 5.32 Å². The summed E-state index contributed by atoms with van der Waals surface area (Å²) in [7, 11) is 0. The van der Waals surface area contributed by atoms with Crippen LogP contribution in [0.4, 0.5) is 9.18 Å². The summed E-state index contributed by atoms with van der Waals surface area (Å²) < 4.78 is 57.9. The number of nitrogens with one attached hydrogen (secondary N) is 1. The molecule has 2 bridgehead atoms. The van der Waals surface area contributed by atoms with Gasteiger partial charge in [-0.25, -0.2) is 18.8 Å². The molecule has 2 heterocycles. The Hall–Kier alpha value is -3.89. The van der Waals surface area contributed by atoms with E-state index in [0.29, 0.717) is 24.0 Å². The van der Waals surface area contributed by atoms with E-state index in [1.807, 2.05) is 6.92 Å². The molecule has 2 saturated heterocycles. The number of amides is 1. The maximum atomic E-state index is 14.3. The van der Waals surface area contributed by atoms with E-state index in [1.165, 1.54) is 13.0 Å². The molecule has 0 radical (unpaired) electrons. The van der Waals surface area contributed by atoms with E-state index in [2.05, 4.69) is 11.9 Å². The Kier molecular flexibility index (Phi) is 11.0. The van der Waals surface area contributed by atoms with Crippen LogP contribution in [0.1, 0.15) is 91.9 Å². The first-order chi connectivity index (χ1) is 26.5. The molecular weight excluding hydrogens is 745 g/mol. The molecule has 15 heteroatoms. The van der Waals surface area contributed by atoms with Gasteiger partial charge in [-0.3, -0.25) is 4.79 Å². The maximum absolute atomic E-state index is 14.3. The number of alkyl carbamates (subject to hydrolysis) is 1. The van der Waals surface area contributed by atoms with Gasteiger partial charge in [0.1, 0.15) is 42.3 Å². The molecule has 57 heavy (non-hydrogen) atoms. The summed E-state index contributed by atoms with van der Waals surface area (Å²) in [5.41, 5.74) is -5.68. The molecule has 1 aromatic carbocycles. The van der Waals surface area contributed by atoms with Crippen LogP contribution in [0.15, 0.2) is 54.1 Å². The van der Waals surface area contributed by atoms with Crippen molar-refractivity contribution in [2.24, 2.45) is 16.7 Å². The van der Waals surface area contributed by atoms with Crippen LogP contribution in [0.5, 0.6) is 0 Å². The molecule has 5 aliphatic rings. The smallest absolute Gasteiger partial charge is 0.408 e. The minimum absolute atomic E-state index is 0.0635. The molecule has 2 aliphatic heterocycles. The van der Waals surface area contributed by atoms with Gasteiger partial charge < -0.3 is 48.7 Å². The zero-order valence-corrected chi connectivity index (χ0v) is 34.1. The standard InChI is InChI=1S/C42H56FNO13/c1-11-40(10)55-30-28-22(2)26(52-35(48)29(46)25(20-43)44-36(49)57-37(4,5)6)19-42(50,38(28,7)8)33(53-34(47)24-15-13-12-14-16-24)31-39(9,32(30)56-40)18-17-27-41(31,21-51-27)54-23(3)45/h11-16,25-27,29-33,46,50H,1,17-21H2,2-10H3,(H,44,49)/t25-,26-,27+,29+,30+,31-,32+,33-,39+,40?,41-,42+/m0/s1. The van der Waals surface area contributed by atoms with Crippen molar-refractivity contribution < 1.29 is 66.9 Å². The number of esters is 3. The second-order valence-corrected chi connectivity index (χ2v) is 18.0. The third-order valence-electron chi connectivity index (χ3n) is 12.8. The Bertz CT molecular complexity index is 1810. The number of alkyl halides is 1. The van der Waals surface area contributed by atoms with Gasteiger partial charge in [0.2, 0.25) is 0 Å². The normalized spacial score (nSPS) is 37.6. The van der Waals surface area contributed by atoms with Crippen molar-refractivity contribution in [3.05, 3.63) is 59.7 Å². The van der Waals surface area contributed by atoms with Crippen LogP contribution in [-0.4, -0.2) is 113 Å². The fraction of sp³-hybridized carbons (Fsp3) is 0.667. The number of aliphatic hydroxyl groups excluding tert-OH is 1. The van der Waals surface area contributed by atoms with Crippen molar-refractivity contribution in [3.8, 4) is 0 Å². The molecule has 6 rings (SSSR count). The van der Waals surface area contributed by atoms with Crippen LogP contribution >= 0.6 is 0 Å². The van der Waals surface area contributed by atoms with Crippen LogP contribution in [0.25, 0.3) is 0 Å². The molecule has 4 fully saturated rings. The Balaban J connectivity index is 1.52. The largest absolute Gasteiger partial charge is 0.456 e. The number of rotatable bonds is 9. The zero-order valence-electron chi connectivity index (χ0n) is 34.1. The third-order valence-corrected chi connectivity index (χ3v) is 12.8. The third kappa shape index (κ3) is 7.17. The lowest BCUT2D eigenvalue weighted by molar-refractivity contribution is -0.346. The van der Waals surface area contributed by atoms with Gasteiger partial charge in [-0.05, 0) is 76.8 Å². The second-order valence-electron chi connectivity index (χ2n) is 18.0. The van der Waals surface area contributed by atoms with Crippen LogP contribution in [0, 0.1) is 16.7 Å². The molecule has 2 saturated carbocycles. The number of hydrogen-bond acceptors (Lipinski definition) is 13. The summed E-state index contributed by atoms with van der Waals surface area (Å²) in [4.78, 5) is 53.5. The first-order valence-electron chi connectivity index (χ1n) is 19.4. The highest BCUT2D eigenvalue weighted by Crippen LogP contribution is 2.67. The van der Waals surface area contributed by atoms with Gasteiger partial charge >= 0.3 is 24.0 Å². The Morgan fingerprint density at radius 2 is 1.75 bits per heavy atom. The number of ether oxygens (including phenoxy) is 7. The Labute approximate surface area is 332 Å². The fourth-order valence-electron chi connectivity index (χ4n) is 9.94. The summed E-state index contributed by atoms with van der Waals surface area (Å²) >= 11 is 0. The van der Waals surface area contributed by atoms with Gasteiger partial charge in [-0.1, -0.05) is 45.5 Å². The molecule has 12 atom stereocenters. The van der Waals surface area contributed by atoms with Crippen molar-refractivity contribution in [1.29, 1.82) is 0 Å². The second kappa shape index (κ2) is 14.7. The molecule has 3 aliphatic carbocycles. The summed E-state index contributed by atoms with van der Waals surface area (Å²) in [6, 6.07) is 6.50. The average Bonchev–Trinajstić information content (AvgIpc) is 3.47. The maximum Gasteiger partial charge on any atom is 0.408 e. The number of aliphatic hydroxyl groups is 2. The summed E-state index contributed by atoms with van der Waals surface area (Å²) in [5.74, 6) is -5.00. The summed E-state index contributed by atoms with van der Waals surface area (Å²) in [6.45, 7) is 17.6. The topological polar surface area (TPSA) is 185 Å². The van der Waals surface area contributed by atoms with Gasteiger partial charge in [0.05, 0.1) is 30.2 Å². The van der Waals surface area contributed by atoms with Crippen molar-refractivity contribution in [1.82, 2.24) is 5.32 Å². The van der Waals surface area contributed by atoms with Crippen LogP contribution in [0.2, 0.25) is 0 Å². The quantitative estimate of drug-likeness (QED) is 0.178. The van der Waals surface area contributed by atoms with Crippen molar-refractivity contribution in [2.45, 2.75) is 147 Å². The summed E-state index contributed by atoms with van der Waals surface area (Å²) in [6.07, 6.45) is -6.40. The monoisotopic (exact) mass is 801 g/mol. The molecule has 0 spiro atoms. The minimum atomic E-state index is -2.19. The SMILES string of the molecule is C=CC1(C)O[C@@H]2C3=C(C)[C@@H](OC(=O)[C@H](O)[C@H](CF)NC(=O)OC(C)(C)C)C[C@@](O)([C@@H](OC(=O)c4ccccc4)[C@H]4[C@@](C)(CC[C@H]5OC[C@]54OC(C)=O)[C@@H]2O1)C3(C)C.